The van der Waals surface area contributed by atoms with Crippen LogP contribution in [0.25, 0.3) is 5.95 Å². The first kappa shape index (κ1) is 14.3. The van der Waals surface area contributed by atoms with Gasteiger partial charge in [-0.05, 0) is 30.3 Å². The lowest BCUT2D eigenvalue weighted by molar-refractivity contribution is 0.805. The monoisotopic (exact) mass is 330 g/mol. The second-order valence-corrected chi connectivity index (χ2v) is 5.09. The highest BCUT2D eigenvalue weighted by molar-refractivity contribution is 6.30. The lowest BCUT2D eigenvalue weighted by Crippen LogP contribution is -2.05. The van der Waals surface area contributed by atoms with Gasteiger partial charge in [-0.25, -0.2) is 4.68 Å². The van der Waals surface area contributed by atoms with Crippen LogP contribution in [-0.4, -0.2) is 19.7 Å². The van der Waals surface area contributed by atoms with E-state index >= 15 is 0 Å². The van der Waals surface area contributed by atoms with Crippen LogP contribution in [0, 0.1) is 11.3 Å². The number of halogens is 2. The van der Waals surface area contributed by atoms with Gasteiger partial charge in [-0.1, -0.05) is 23.2 Å². The number of rotatable bonds is 3. The first-order chi connectivity index (χ1) is 10.6. The molecular formula is C14H8Cl2N6. The molecule has 0 atom stereocenters. The van der Waals surface area contributed by atoms with Crippen molar-refractivity contribution in [2.24, 2.45) is 0 Å². The molecule has 0 saturated heterocycles. The average molecular weight is 331 g/mol. The molecule has 0 aliphatic carbocycles. The fourth-order valence-corrected chi connectivity index (χ4v) is 2.05. The van der Waals surface area contributed by atoms with Crippen molar-refractivity contribution >= 4 is 34.7 Å². The Morgan fingerprint density at radius 2 is 1.86 bits per heavy atom. The van der Waals surface area contributed by atoms with Crippen molar-refractivity contribution in [3.63, 3.8) is 0 Å². The topological polar surface area (TPSA) is 79.4 Å². The number of nitriles is 1. The second-order valence-electron chi connectivity index (χ2n) is 4.27. The average Bonchev–Trinajstić information content (AvgIpc) is 2.98. The van der Waals surface area contributed by atoms with E-state index in [2.05, 4.69) is 20.4 Å². The summed E-state index contributed by atoms with van der Waals surface area (Å²) in [4.78, 5) is 8.41. The molecule has 1 N–H and O–H groups in total. The van der Waals surface area contributed by atoms with Crippen molar-refractivity contribution in [3.8, 4) is 12.0 Å². The maximum atomic E-state index is 8.81. The van der Waals surface area contributed by atoms with E-state index in [1.165, 1.54) is 4.68 Å². The third-order valence-electron chi connectivity index (χ3n) is 2.71. The third kappa shape index (κ3) is 3.17. The summed E-state index contributed by atoms with van der Waals surface area (Å²) in [6, 6.07) is 12.3. The number of benzene rings is 1. The molecule has 0 amide bonds. The summed E-state index contributed by atoms with van der Waals surface area (Å²) in [6.07, 6.45) is 1.59. The van der Waals surface area contributed by atoms with Crippen LogP contribution in [0.15, 0.2) is 42.6 Å². The highest BCUT2D eigenvalue weighted by Crippen LogP contribution is 2.20. The lowest BCUT2D eigenvalue weighted by atomic mass is 10.3. The number of nitrogens with one attached hydrogen (secondary N) is 1. The molecule has 0 radical (unpaired) electrons. The number of hydrogen-bond acceptors (Lipinski definition) is 5. The van der Waals surface area contributed by atoms with Gasteiger partial charge in [-0.3, -0.25) is 0 Å². The standard InChI is InChI=1S/C14H8Cl2N6/c15-9-1-3-10(4-2-9)18-13-7-12(16)19-14(20-13)22-6-5-11(8-17)21-22/h1-7H,(H,18,19,20). The van der Waals surface area contributed by atoms with E-state index in [1.807, 2.05) is 18.2 Å². The quantitative estimate of drug-likeness (QED) is 0.742. The minimum absolute atomic E-state index is 0.260. The van der Waals surface area contributed by atoms with Crippen molar-refractivity contribution in [2.75, 3.05) is 5.32 Å². The van der Waals surface area contributed by atoms with Crippen molar-refractivity contribution in [1.29, 1.82) is 5.26 Å². The van der Waals surface area contributed by atoms with E-state index in [-0.39, 0.29) is 16.8 Å². The molecule has 1 aromatic carbocycles. The highest BCUT2D eigenvalue weighted by Gasteiger charge is 2.08. The zero-order valence-corrected chi connectivity index (χ0v) is 12.5. The Morgan fingerprint density at radius 3 is 2.55 bits per heavy atom. The van der Waals surface area contributed by atoms with Crippen LogP contribution in [-0.2, 0) is 0 Å². The summed E-state index contributed by atoms with van der Waals surface area (Å²) < 4.78 is 1.39. The fourth-order valence-electron chi connectivity index (χ4n) is 1.75. The van der Waals surface area contributed by atoms with Crippen molar-refractivity contribution in [1.82, 2.24) is 19.7 Å². The van der Waals surface area contributed by atoms with Crippen LogP contribution >= 0.6 is 23.2 Å². The van der Waals surface area contributed by atoms with E-state index in [9.17, 15) is 0 Å². The normalized spacial score (nSPS) is 10.2. The third-order valence-corrected chi connectivity index (χ3v) is 3.15. The van der Waals surface area contributed by atoms with Crippen LogP contribution in [0.1, 0.15) is 5.69 Å². The number of hydrogen-bond donors (Lipinski definition) is 1. The summed E-state index contributed by atoms with van der Waals surface area (Å²) in [6.45, 7) is 0. The fraction of sp³-hybridized carbons (Fsp3) is 0. The first-order valence-corrected chi connectivity index (χ1v) is 6.93. The smallest absolute Gasteiger partial charge is 0.253 e. The van der Waals surface area contributed by atoms with Crippen molar-refractivity contribution in [2.45, 2.75) is 0 Å². The van der Waals surface area contributed by atoms with Gasteiger partial charge in [0.15, 0.2) is 5.69 Å². The van der Waals surface area contributed by atoms with Crippen LogP contribution in [0.5, 0.6) is 0 Å². The maximum Gasteiger partial charge on any atom is 0.253 e. The van der Waals surface area contributed by atoms with Gasteiger partial charge >= 0.3 is 0 Å². The summed E-state index contributed by atoms with van der Waals surface area (Å²) in [7, 11) is 0. The van der Waals surface area contributed by atoms with E-state index in [0.717, 1.165) is 5.69 Å². The van der Waals surface area contributed by atoms with Crippen LogP contribution in [0.4, 0.5) is 11.5 Å². The molecule has 0 aliphatic rings. The van der Waals surface area contributed by atoms with E-state index in [1.54, 1.807) is 30.5 Å². The zero-order valence-electron chi connectivity index (χ0n) is 11.0. The molecule has 0 unspecified atom stereocenters. The molecule has 0 fully saturated rings. The Bertz CT molecular complexity index is 851. The minimum atomic E-state index is 0.260. The molecule has 0 aliphatic heterocycles. The number of nitrogens with zero attached hydrogens (tertiary/aromatic N) is 5. The zero-order chi connectivity index (χ0) is 15.5. The Balaban J connectivity index is 1.92. The Morgan fingerprint density at radius 1 is 1.09 bits per heavy atom. The molecule has 3 rings (SSSR count). The van der Waals surface area contributed by atoms with Crippen LogP contribution in [0.3, 0.4) is 0 Å². The molecule has 0 saturated carbocycles. The maximum absolute atomic E-state index is 8.81. The van der Waals surface area contributed by atoms with E-state index in [0.29, 0.717) is 10.8 Å². The predicted octanol–water partition coefficient (Wildman–Crippen LogP) is 3.58. The molecule has 0 spiro atoms. The Kier molecular flexibility index (Phi) is 3.92. The summed E-state index contributed by atoms with van der Waals surface area (Å²) in [5.74, 6) is 0.775. The molecule has 3 aromatic rings. The summed E-state index contributed by atoms with van der Waals surface area (Å²) in [5.41, 5.74) is 1.08. The molecule has 108 valence electrons. The SMILES string of the molecule is N#Cc1ccn(-c2nc(Cl)cc(Nc3ccc(Cl)cc3)n2)n1. The van der Waals surface area contributed by atoms with Gasteiger partial charge in [0.25, 0.3) is 5.95 Å². The molecule has 2 aromatic heterocycles. The first-order valence-electron chi connectivity index (χ1n) is 6.17. The molecule has 2 heterocycles. The van der Waals surface area contributed by atoms with Gasteiger partial charge < -0.3 is 5.32 Å². The summed E-state index contributed by atoms with van der Waals surface area (Å²) >= 11 is 11.9. The molecule has 6 nitrogen and oxygen atoms in total. The Labute approximate surface area is 136 Å². The van der Waals surface area contributed by atoms with Crippen LogP contribution in [0.2, 0.25) is 10.2 Å². The molecule has 8 heteroatoms. The predicted molar refractivity (Wildman–Crippen MR) is 83.6 cm³/mol. The Hall–Kier alpha value is -2.62. The largest absolute Gasteiger partial charge is 0.340 e. The van der Waals surface area contributed by atoms with Gasteiger partial charge in [0.05, 0.1) is 0 Å². The van der Waals surface area contributed by atoms with Gasteiger partial charge in [-0.15, -0.1) is 0 Å². The van der Waals surface area contributed by atoms with E-state index < -0.39 is 0 Å². The minimum Gasteiger partial charge on any atom is -0.340 e. The van der Waals surface area contributed by atoms with Crippen molar-refractivity contribution < 1.29 is 0 Å². The lowest BCUT2D eigenvalue weighted by Gasteiger charge is -2.08. The number of anilines is 2. The van der Waals surface area contributed by atoms with Crippen LogP contribution < -0.4 is 5.32 Å². The molecule has 22 heavy (non-hydrogen) atoms. The van der Waals surface area contributed by atoms with Gasteiger partial charge in [0.1, 0.15) is 17.0 Å². The second kappa shape index (κ2) is 6.02. The number of aromatic nitrogens is 4. The van der Waals surface area contributed by atoms with Gasteiger partial charge in [-0.2, -0.15) is 20.3 Å². The van der Waals surface area contributed by atoms with Gasteiger partial charge in [0.2, 0.25) is 0 Å². The van der Waals surface area contributed by atoms with Gasteiger partial charge in [0, 0.05) is 23.0 Å². The van der Waals surface area contributed by atoms with Crippen molar-refractivity contribution in [3.05, 3.63) is 58.5 Å². The van der Waals surface area contributed by atoms with E-state index in [4.69, 9.17) is 28.5 Å². The summed E-state index contributed by atoms with van der Waals surface area (Å²) in [5, 5.41) is 16.8. The molecule has 0 bridgehead atoms. The molecular weight excluding hydrogens is 323 g/mol. The highest BCUT2D eigenvalue weighted by atomic mass is 35.5.